The molecule has 1 saturated carbocycles. The van der Waals surface area contributed by atoms with Gasteiger partial charge in [-0.25, -0.2) is 0 Å². The molecule has 0 aliphatic heterocycles. The highest BCUT2D eigenvalue weighted by molar-refractivity contribution is 5.68. The standard InChI is InChI=1S/C21H23F3O/c22-21(23,24)19-9-5-4-8-18(19)16-10-12-17(13-11-16)20(25)14-15-6-2-1-3-7-15/h4-5,8-13,15,20,25H,1-3,6-7,14H2/t20-/m0/s1. The Kier molecular flexibility index (Phi) is 5.48. The van der Waals surface area contributed by atoms with Crippen molar-refractivity contribution in [2.45, 2.75) is 50.8 Å². The van der Waals surface area contributed by atoms with Gasteiger partial charge in [0.15, 0.2) is 0 Å². The van der Waals surface area contributed by atoms with Crippen LogP contribution in [0.4, 0.5) is 13.2 Å². The van der Waals surface area contributed by atoms with Crippen molar-refractivity contribution in [1.29, 1.82) is 0 Å². The molecule has 0 aromatic heterocycles. The summed E-state index contributed by atoms with van der Waals surface area (Å²) in [6, 6.07) is 12.4. The molecule has 2 aromatic rings. The van der Waals surface area contributed by atoms with Gasteiger partial charge in [-0.15, -0.1) is 0 Å². The van der Waals surface area contributed by atoms with E-state index in [-0.39, 0.29) is 5.56 Å². The number of benzene rings is 2. The van der Waals surface area contributed by atoms with Crippen LogP contribution in [0.15, 0.2) is 48.5 Å². The lowest BCUT2D eigenvalue weighted by Crippen LogP contribution is -2.11. The van der Waals surface area contributed by atoms with Crippen LogP contribution in [0.1, 0.15) is 55.8 Å². The number of hydrogen-bond donors (Lipinski definition) is 1. The Morgan fingerprint density at radius 1 is 0.920 bits per heavy atom. The van der Waals surface area contributed by atoms with Crippen molar-refractivity contribution in [3.05, 3.63) is 59.7 Å². The quantitative estimate of drug-likeness (QED) is 0.680. The Morgan fingerprint density at radius 3 is 2.20 bits per heavy atom. The average molecular weight is 348 g/mol. The summed E-state index contributed by atoms with van der Waals surface area (Å²) in [6.07, 6.45) is 1.86. The fourth-order valence-electron chi connectivity index (χ4n) is 3.74. The molecule has 1 aliphatic carbocycles. The third-order valence-electron chi connectivity index (χ3n) is 5.12. The van der Waals surface area contributed by atoms with Gasteiger partial charge in [-0.3, -0.25) is 0 Å². The Bertz CT molecular complexity index is 685. The number of halogens is 3. The monoisotopic (exact) mass is 348 g/mol. The molecule has 0 saturated heterocycles. The topological polar surface area (TPSA) is 20.2 Å². The van der Waals surface area contributed by atoms with Crippen LogP contribution >= 0.6 is 0 Å². The van der Waals surface area contributed by atoms with Gasteiger partial charge in [-0.1, -0.05) is 74.6 Å². The third kappa shape index (κ3) is 4.43. The second-order valence-electron chi connectivity index (χ2n) is 6.92. The largest absolute Gasteiger partial charge is 0.417 e. The number of alkyl halides is 3. The van der Waals surface area contributed by atoms with Crippen molar-refractivity contribution < 1.29 is 18.3 Å². The van der Waals surface area contributed by atoms with E-state index in [9.17, 15) is 18.3 Å². The fourth-order valence-corrected chi connectivity index (χ4v) is 3.74. The van der Waals surface area contributed by atoms with Crippen LogP contribution in [-0.4, -0.2) is 5.11 Å². The maximum atomic E-state index is 13.2. The predicted molar refractivity (Wildman–Crippen MR) is 93.0 cm³/mol. The van der Waals surface area contributed by atoms with Gasteiger partial charge < -0.3 is 5.11 Å². The number of hydrogen-bond acceptors (Lipinski definition) is 1. The average Bonchev–Trinajstić information content (AvgIpc) is 2.62. The lowest BCUT2D eigenvalue weighted by molar-refractivity contribution is -0.137. The zero-order valence-electron chi connectivity index (χ0n) is 14.1. The lowest BCUT2D eigenvalue weighted by Gasteiger charge is -2.24. The molecular formula is C21H23F3O. The minimum absolute atomic E-state index is 0.170. The van der Waals surface area contributed by atoms with E-state index >= 15 is 0 Å². The summed E-state index contributed by atoms with van der Waals surface area (Å²) in [7, 11) is 0. The van der Waals surface area contributed by atoms with Gasteiger partial charge in [0, 0.05) is 0 Å². The molecule has 1 nitrogen and oxygen atoms in total. The van der Waals surface area contributed by atoms with Crippen molar-refractivity contribution in [2.75, 3.05) is 0 Å². The van der Waals surface area contributed by atoms with E-state index in [0.717, 1.165) is 30.9 Å². The van der Waals surface area contributed by atoms with Gasteiger partial charge in [-0.2, -0.15) is 13.2 Å². The smallest absolute Gasteiger partial charge is 0.388 e. The number of aliphatic hydroxyl groups is 1. The van der Waals surface area contributed by atoms with Gasteiger partial charge in [0.2, 0.25) is 0 Å². The summed E-state index contributed by atoms with van der Waals surface area (Å²) in [5.41, 5.74) is 0.828. The summed E-state index contributed by atoms with van der Waals surface area (Å²) < 4.78 is 39.5. The maximum absolute atomic E-state index is 13.2. The minimum Gasteiger partial charge on any atom is -0.388 e. The Balaban J connectivity index is 1.76. The minimum atomic E-state index is -4.38. The summed E-state index contributed by atoms with van der Waals surface area (Å²) in [6.45, 7) is 0. The van der Waals surface area contributed by atoms with E-state index in [4.69, 9.17) is 0 Å². The predicted octanol–water partition coefficient (Wildman–Crippen LogP) is 6.38. The zero-order chi connectivity index (χ0) is 17.9. The Labute approximate surface area is 146 Å². The van der Waals surface area contributed by atoms with Gasteiger partial charge in [0.05, 0.1) is 11.7 Å². The van der Waals surface area contributed by atoms with E-state index in [0.29, 0.717) is 11.5 Å². The number of aliphatic hydroxyl groups excluding tert-OH is 1. The van der Waals surface area contributed by atoms with Crippen molar-refractivity contribution in [1.82, 2.24) is 0 Å². The van der Waals surface area contributed by atoms with E-state index in [1.54, 1.807) is 30.3 Å². The fraction of sp³-hybridized carbons (Fsp3) is 0.429. The van der Waals surface area contributed by atoms with Crippen LogP contribution in [0, 0.1) is 5.92 Å². The first-order valence-corrected chi connectivity index (χ1v) is 8.90. The SMILES string of the molecule is O[C@@H](CC1CCCCC1)c1ccc(-c2ccccc2C(F)(F)F)cc1. The molecule has 0 heterocycles. The highest BCUT2D eigenvalue weighted by Gasteiger charge is 2.33. The van der Waals surface area contributed by atoms with Crippen molar-refractivity contribution in [3.63, 3.8) is 0 Å². The first kappa shape index (κ1) is 18.0. The zero-order valence-corrected chi connectivity index (χ0v) is 14.1. The van der Waals surface area contributed by atoms with Gasteiger partial charge in [0.25, 0.3) is 0 Å². The molecule has 134 valence electrons. The summed E-state index contributed by atoms with van der Waals surface area (Å²) in [5, 5.41) is 10.4. The molecule has 0 radical (unpaired) electrons. The number of rotatable bonds is 4. The normalized spacial score (nSPS) is 17.4. The molecule has 0 amide bonds. The van der Waals surface area contributed by atoms with Crippen LogP contribution in [-0.2, 0) is 6.18 Å². The van der Waals surface area contributed by atoms with Crippen LogP contribution < -0.4 is 0 Å². The molecule has 2 aromatic carbocycles. The maximum Gasteiger partial charge on any atom is 0.417 e. The molecule has 0 unspecified atom stereocenters. The summed E-state index contributed by atoms with van der Waals surface area (Å²) in [4.78, 5) is 0. The molecule has 1 atom stereocenters. The molecule has 1 aliphatic rings. The summed E-state index contributed by atoms with van der Waals surface area (Å²) >= 11 is 0. The van der Waals surface area contributed by atoms with Crippen LogP contribution in [0.5, 0.6) is 0 Å². The van der Waals surface area contributed by atoms with E-state index in [1.807, 2.05) is 0 Å². The van der Waals surface area contributed by atoms with E-state index in [2.05, 4.69) is 0 Å². The van der Waals surface area contributed by atoms with Gasteiger partial charge in [0.1, 0.15) is 0 Å². The third-order valence-corrected chi connectivity index (χ3v) is 5.12. The van der Waals surface area contributed by atoms with E-state index in [1.165, 1.54) is 31.4 Å². The first-order valence-electron chi connectivity index (χ1n) is 8.90. The second-order valence-corrected chi connectivity index (χ2v) is 6.92. The van der Waals surface area contributed by atoms with Gasteiger partial charge >= 0.3 is 6.18 Å². The van der Waals surface area contributed by atoms with Crippen LogP contribution in [0.2, 0.25) is 0 Å². The van der Waals surface area contributed by atoms with Crippen molar-refractivity contribution in [3.8, 4) is 11.1 Å². The molecule has 1 N–H and O–H groups in total. The van der Waals surface area contributed by atoms with Crippen LogP contribution in [0.3, 0.4) is 0 Å². The molecule has 3 rings (SSSR count). The highest BCUT2D eigenvalue weighted by atomic mass is 19.4. The molecule has 4 heteroatoms. The van der Waals surface area contributed by atoms with Crippen molar-refractivity contribution >= 4 is 0 Å². The van der Waals surface area contributed by atoms with Crippen molar-refractivity contribution in [2.24, 2.45) is 5.92 Å². The van der Waals surface area contributed by atoms with Gasteiger partial charge in [-0.05, 0) is 35.1 Å². The molecule has 0 bridgehead atoms. The Morgan fingerprint density at radius 2 is 1.56 bits per heavy atom. The Hall–Kier alpha value is -1.81. The highest BCUT2D eigenvalue weighted by Crippen LogP contribution is 2.37. The van der Waals surface area contributed by atoms with E-state index < -0.39 is 17.8 Å². The molecule has 25 heavy (non-hydrogen) atoms. The molecule has 0 spiro atoms. The molecule has 1 fully saturated rings. The first-order chi connectivity index (χ1) is 11.9. The lowest BCUT2D eigenvalue weighted by atomic mass is 9.84. The molecular weight excluding hydrogens is 325 g/mol. The van der Waals surface area contributed by atoms with Crippen LogP contribution in [0.25, 0.3) is 11.1 Å². The summed E-state index contributed by atoms with van der Waals surface area (Å²) in [5.74, 6) is 0.550. The second kappa shape index (κ2) is 7.61.